The maximum Gasteiger partial charge on any atom is 0.323 e. The number of nitrogens with one attached hydrogen (secondary N) is 3. The number of urea groups is 1. The third kappa shape index (κ3) is 6.87. The average molecular weight is 405 g/mol. The maximum atomic E-state index is 12.3. The molecule has 0 saturated heterocycles. The first-order valence-corrected chi connectivity index (χ1v) is 8.96. The van der Waals surface area contributed by atoms with Gasteiger partial charge in [0.1, 0.15) is 0 Å². The van der Waals surface area contributed by atoms with Crippen molar-refractivity contribution in [3.05, 3.63) is 60.2 Å². The number of hydrogen-bond donors (Lipinski definition) is 4. The lowest BCUT2D eigenvalue weighted by Crippen LogP contribution is -2.49. The summed E-state index contributed by atoms with van der Waals surface area (Å²) in [6.45, 7) is 7.70. The van der Waals surface area contributed by atoms with Crippen LogP contribution in [0.3, 0.4) is 0 Å². The van der Waals surface area contributed by atoms with Crippen LogP contribution in [-0.4, -0.2) is 18.0 Å². The lowest BCUT2D eigenvalue weighted by molar-refractivity contribution is -0.125. The molecular weight excluding hydrogens is 376 g/mol. The molecule has 0 aliphatic heterocycles. The monoisotopic (exact) mass is 404 g/mol. The molecule has 0 radical (unpaired) electrons. The lowest BCUT2D eigenvalue weighted by atomic mass is 9.86. The van der Waals surface area contributed by atoms with Crippen molar-refractivity contribution in [2.45, 2.75) is 39.8 Å². The fraction of sp³-hybridized carbons (Fsp3) is 0.333. The molecule has 152 valence electrons. The van der Waals surface area contributed by atoms with Crippen molar-refractivity contribution in [1.82, 2.24) is 5.32 Å². The van der Waals surface area contributed by atoms with Gasteiger partial charge in [-0.05, 0) is 42.2 Å². The van der Waals surface area contributed by atoms with Crippen LogP contribution in [0.1, 0.15) is 39.3 Å². The van der Waals surface area contributed by atoms with Gasteiger partial charge in [0, 0.05) is 11.4 Å². The molecule has 28 heavy (non-hydrogen) atoms. The number of carbonyl (C=O) groups is 2. The summed E-state index contributed by atoms with van der Waals surface area (Å²) in [5.74, 6) is -0.181. The number of hydrogen-bond acceptors (Lipinski definition) is 3. The van der Waals surface area contributed by atoms with Gasteiger partial charge in [0.05, 0.1) is 12.1 Å². The van der Waals surface area contributed by atoms with Crippen LogP contribution in [0.2, 0.25) is 0 Å². The second-order valence-electron chi connectivity index (χ2n) is 7.64. The Morgan fingerprint density at radius 2 is 1.39 bits per heavy atom. The van der Waals surface area contributed by atoms with Crippen LogP contribution in [0.5, 0.6) is 0 Å². The highest BCUT2D eigenvalue weighted by Crippen LogP contribution is 2.20. The number of nitrogens with two attached hydrogens (primary N) is 1. The SMILES string of the molecule is CC(NC(=O)[C@@H](N)C(C)(C)C)c1ccc(NC(=O)Nc2ccccc2)cc1.Cl. The number of rotatable bonds is 5. The Morgan fingerprint density at radius 1 is 0.893 bits per heavy atom. The molecule has 3 amide bonds. The third-order valence-corrected chi connectivity index (χ3v) is 4.27. The van der Waals surface area contributed by atoms with Crippen LogP contribution in [0.4, 0.5) is 16.2 Å². The van der Waals surface area contributed by atoms with Crippen LogP contribution >= 0.6 is 12.4 Å². The van der Waals surface area contributed by atoms with Crippen molar-refractivity contribution in [3.63, 3.8) is 0 Å². The average Bonchev–Trinajstić information content (AvgIpc) is 2.61. The molecule has 0 heterocycles. The van der Waals surface area contributed by atoms with Gasteiger partial charge < -0.3 is 21.7 Å². The summed E-state index contributed by atoms with van der Waals surface area (Å²) in [6.07, 6.45) is 0. The summed E-state index contributed by atoms with van der Waals surface area (Å²) in [5.41, 5.74) is 8.01. The minimum Gasteiger partial charge on any atom is -0.348 e. The Morgan fingerprint density at radius 3 is 1.89 bits per heavy atom. The van der Waals surface area contributed by atoms with Gasteiger partial charge in [-0.25, -0.2) is 4.79 Å². The quantitative estimate of drug-likeness (QED) is 0.598. The summed E-state index contributed by atoms with van der Waals surface area (Å²) in [5, 5.41) is 8.47. The van der Waals surface area contributed by atoms with E-state index in [1.165, 1.54) is 0 Å². The van der Waals surface area contributed by atoms with Crippen LogP contribution in [0.15, 0.2) is 54.6 Å². The minimum absolute atomic E-state index is 0. The zero-order valence-electron chi connectivity index (χ0n) is 16.7. The van der Waals surface area contributed by atoms with Gasteiger partial charge in [-0.1, -0.05) is 51.1 Å². The summed E-state index contributed by atoms with van der Waals surface area (Å²) >= 11 is 0. The van der Waals surface area contributed by atoms with E-state index in [0.717, 1.165) is 11.3 Å². The number of halogens is 1. The summed E-state index contributed by atoms with van der Waals surface area (Å²) in [4.78, 5) is 24.3. The fourth-order valence-electron chi connectivity index (χ4n) is 2.45. The number of benzene rings is 2. The third-order valence-electron chi connectivity index (χ3n) is 4.27. The highest BCUT2D eigenvalue weighted by Gasteiger charge is 2.28. The summed E-state index contributed by atoms with van der Waals surface area (Å²) in [6, 6.07) is 15.5. The Labute approximate surface area is 172 Å². The fourth-order valence-corrected chi connectivity index (χ4v) is 2.45. The Kier molecular flexibility index (Phi) is 8.47. The second kappa shape index (κ2) is 10.1. The normalized spacial score (nSPS) is 12.9. The van der Waals surface area contributed by atoms with E-state index < -0.39 is 6.04 Å². The molecule has 6 nitrogen and oxygen atoms in total. The zero-order valence-corrected chi connectivity index (χ0v) is 17.5. The van der Waals surface area contributed by atoms with Gasteiger partial charge in [0.2, 0.25) is 5.91 Å². The van der Waals surface area contributed by atoms with E-state index in [9.17, 15) is 9.59 Å². The zero-order chi connectivity index (χ0) is 20.0. The van der Waals surface area contributed by atoms with Gasteiger partial charge in [-0.2, -0.15) is 0 Å². The first kappa shape index (κ1) is 23.5. The van der Waals surface area contributed by atoms with Crippen LogP contribution in [0, 0.1) is 5.41 Å². The van der Waals surface area contributed by atoms with E-state index in [4.69, 9.17) is 5.73 Å². The first-order chi connectivity index (χ1) is 12.7. The topological polar surface area (TPSA) is 96.2 Å². The molecule has 0 aromatic heterocycles. The first-order valence-electron chi connectivity index (χ1n) is 8.96. The number of carbonyl (C=O) groups excluding carboxylic acids is 2. The predicted molar refractivity (Wildman–Crippen MR) is 117 cm³/mol. The van der Waals surface area contributed by atoms with E-state index in [-0.39, 0.29) is 35.8 Å². The van der Waals surface area contributed by atoms with E-state index in [1.807, 2.05) is 70.2 Å². The Balaban J connectivity index is 0.00000392. The lowest BCUT2D eigenvalue weighted by Gasteiger charge is -2.27. The van der Waals surface area contributed by atoms with Crippen molar-refractivity contribution in [2.75, 3.05) is 10.6 Å². The van der Waals surface area contributed by atoms with Crippen LogP contribution in [-0.2, 0) is 4.79 Å². The second-order valence-corrected chi connectivity index (χ2v) is 7.64. The van der Waals surface area contributed by atoms with Crippen molar-refractivity contribution in [3.8, 4) is 0 Å². The molecule has 2 aromatic rings. The maximum absolute atomic E-state index is 12.3. The molecule has 0 saturated carbocycles. The molecule has 0 aliphatic carbocycles. The van der Waals surface area contributed by atoms with Crippen LogP contribution in [0.25, 0.3) is 0 Å². The van der Waals surface area contributed by atoms with Gasteiger partial charge in [0.25, 0.3) is 0 Å². The van der Waals surface area contributed by atoms with E-state index in [0.29, 0.717) is 5.69 Å². The molecule has 2 atom stereocenters. The molecule has 2 rings (SSSR count). The number of anilines is 2. The molecule has 0 fully saturated rings. The van der Waals surface area contributed by atoms with Crippen molar-refractivity contribution in [1.29, 1.82) is 0 Å². The van der Waals surface area contributed by atoms with Crippen LogP contribution < -0.4 is 21.7 Å². The largest absolute Gasteiger partial charge is 0.348 e. The summed E-state index contributed by atoms with van der Waals surface area (Å²) in [7, 11) is 0. The highest BCUT2D eigenvalue weighted by molar-refractivity contribution is 5.99. The molecule has 0 spiro atoms. The van der Waals surface area contributed by atoms with E-state index in [2.05, 4.69) is 16.0 Å². The van der Waals surface area contributed by atoms with Crippen molar-refractivity contribution in [2.24, 2.45) is 11.1 Å². The van der Waals surface area contributed by atoms with Crippen molar-refractivity contribution < 1.29 is 9.59 Å². The molecular formula is C21H29ClN4O2. The Hall–Kier alpha value is -2.57. The summed E-state index contributed by atoms with van der Waals surface area (Å²) < 4.78 is 0. The molecule has 2 aromatic carbocycles. The van der Waals surface area contributed by atoms with E-state index in [1.54, 1.807) is 12.1 Å². The number of para-hydroxylation sites is 1. The van der Waals surface area contributed by atoms with Gasteiger partial charge >= 0.3 is 6.03 Å². The predicted octanol–water partition coefficient (Wildman–Crippen LogP) is 4.30. The van der Waals surface area contributed by atoms with Gasteiger partial charge in [0.15, 0.2) is 0 Å². The Bertz CT molecular complexity index is 773. The highest BCUT2D eigenvalue weighted by atomic mass is 35.5. The van der Waals surface area contributed by atoms with E-state index >= 15 is 0 Å². The van der Waals surface area contributed by atoms with Gasteiger partial charge in [-0.3, -0.25) is 4.79 Å². The molecule has 0 bridgehead atoms. The van der Waals surface area contributed by atoms with Crippen molar-refractivity contribution >= 4 is 35.7 Å². The standard InChI is InChI=1S/C21H28N4O2.ClH/c1-14(23-19(26)18(22)21(2,3)4)15-10-12-17(13-11-15)25-20(27)24-16-8-6-5-7-9-16;/h5-14,18H,22H2,1-4H3,(H,23,26)(H2,24,25,27);1H/t14?,18-;/m1./s1. The number of amides is 3. The molecule has 0 aliphatic rings. The molecule has 5 N–H and O–H groups in total. The molecule has 1 unspecified atom stereocenters. The molecule has 7 heteroatoms. The smallest absolute Gasteiger partial charge is 0.323 e. The van der Waals surface area contributed by atoms with Gasteiger partial charge in [-0.15, -0.1) is 12.4 Å². The minimum atomic E-state index is -0.581.